The van der Waals surface area contributed by atoms with Crippen LogP contribution in [0.15, 0.2) is 18.5 Å². The van der Waals surface area contributed by atoms with E-state index in [2.05, 4.69) is 18.7 Å². The highest BCUT2D eigenvalue weighted by Crippen LogP contribution is 2.21. The van der Waals surface area contributed by atoms with Crippen molar-refractivity contribution in [2.45, 2.75) is 0 Å². The quantitative estimate of drug-likeness (QED) is 0.471. The fourth-order valence-electron chi connectivity index (χ4n) is 1.34. The molecule has 106 valence electrons. The molecule has 20 heavy (non-hydrogen) atoms. The van der Waals surface area contributed by atoms with Crippen LogP contribution in [0.5, 0.6) is 0 Å². The van der Waals surface area contributed by atoms with Crippen LogP contribution in [-0.2, 0) is 4.84 Å². The van der Waals surface area contributed by atoms with Crippen LogP contribution in [0, 0.1) is 0 Å². The lowest BCUT2D eigenvalue weighted by Crippen LogP contribution is -2.25. The van der Waals surface area contributed by atoms with E-state index in [0.29, 0.717) is 10.8 Å². The van der Waals surface area contributed by atoms with Crippen molar-refractivity contribution in [3.8, 4) is 5.82 Å². The third kappa shape index (κ3) is 2.99. The first-order valence-corrected chi connectivity index (χ1v) is 6.79. The van der Waals surface area contributed by atoms with Crippen molar-refractivity contribution < 1.29 is 9.63 Å². The number of hydrogen-bond donors (Lipinski definition) is 1. The van der Waals surface area contributed by atoms with E-state index in [1.54, 1.807) is 12.3 Å². The van der Waals surface area contributed by atoms with Crippen molar-refractivity contribution in [1.29, 1.82) is 0 Å². The van der Waals surface area contributed by atoms with Crippen LogP contribution in [0.2, 0.25) is 5.02 Å². The Balaban J connectivity index is 2.31. The number of hydrogen-bond acceptors (Lipinski definition) is 6. The molecule has 2 aromatic rings. The number of carbonyl (C=O) groups excluding carboxylic acids is 1. The summed E-state index contributed by atoms with van der Waals surface area (Å²) in [5, 5.41) is 9.42. The maximum Gasteiger partial charge on any atom is 0.299 e. The number of nitrogens with one attached hydrogen (secondary N) is 1. The van der Waals surface area contributed by atoms with E-state index < -0.39 is 5.91 Å². The number of rotatable bonds is 4. The van der Waals surface area contributed by atoms with Crippen molar-refractivity contribution in [1.82, 2.24) is 25.0 Å². The number of nitrogens with zero attached hydrogens (tertiary/aromatic N) is 5. The Bertz CT molecular complexity index is 634. The van der Waals surface area contributed by atoms with E-state index in [0.717, 1.165) is 10.8 Å². The van der Waals surface area contributed by atoms with Gasteiger partial charge in [0, 0.05) is 7.05 Å². The fraction of sp³-hybridized carbons (Fsp3) is 0.200. The lowest BCUT2D eigenvalue weighted by molar-refractivity contribution is -0.0760. The van der Waals surface area contributed by atoms with Gasteiger partial charge in [-0.1, -0.05) is 11.6 Å². The average Bonchev–Trinajstić information content (AvgIpc) is 2.94. The van der Waals surface area contributed by atoms with Gasteiger partial charge in [-0.15, -0.1) is 9.90 Å². The molecule has 0 fully saturated rings. The summed E-state index contributed by atoms with van der Waals surface area (Å²) in [7, 11) is 2.87. The van der Waals surface area contributed by atoms with E-state index in [1.807, 2.05) is 22.9 Å². The van der Waals surface area contributed by atoms with Crippen LogP contribution < -0.4 is 3.53 Å². The number of hydroxylamine groups is 2. The predicted molar refractivity (Wildman–Crippen MR) is 80.9 cm³/mol. The number of pyridine rings is 1. The molecule has 8 nitrogen and oxygen atoms in total. The van der Waals surface area contributed by atoms with Crippen molar-refractivity contribution in [2.75, 3.05) is 17.7 Å². The second kappa shape index (κ2) is 6.33. The van der Waals surface area contributed by atoms with Crippen molar-refractivity contribution >= 4 is 46.1 Å². The van der Waals surface area contributed by atoms with Gasteiger partial charge in [0.25, 0.3) is 5.91 Å². The normalized spacial score (nSPS) is 10.4. The summed E-state index contributed by atoms with van der Waals surface area (Å²) in [6, 6.07) is 1.68. The molecule has 0 saturated carbocycles. The molecule has 0 bridgehead atoms. The van der Waals surface area contributed by atoms with E-state index in [-0.39, 0.29) is 5.69 Å². The minimum absolute atomic E-state index is 0.128. The first-order chi connectivity index (χ1) is 9.56. The number of amides is 1. The van der Waals surface area contributed by atoms with Gasteiger partial charge in [-0.25, -0.2) is 10.0 Å². The Hall–Kier alpha value is -1.46. The Kier molecular flexibility index (Phi) is 4.73. The van der Waals surface area contributed by atoms with Crippen molar-refractivity contribution in [2.24, 2.45) is 0 Å². The molecule has 2 rings (SSSR count). The van der Waals surface area contributed by atoms with Gasteiger partial charge in [0.05, 0.1) is 53.1 Å². The van der Waals surface area contributed by atoms with E-state index in [1.165, 1.54) is 25.2 Å². The molecule has 2 aromatic heterocycles. The number of anilines is 1. The zero-order valence-corrected chi connectivity index (χ0v) is 13.5. The maximum absolute atomic E-state index is 11.8. The average molecular weight is 409 g/mol. The highest BCUT2D eigenvalue weighted by atomic mass is 127. The molecule has 0 saturated heterocycles. The predicted octanol–water partition coefficient (Wildman–Crippen LogP) is 1.71. The zero-order chi connectivity index (χ0) is 14.7. The van der Waals surface area contributed by atoms with E-state index in [9.17, 15) is 4.79 Å². The van der Waals surface area contributed by atoms with Crippen LogP contribution in [0.25, 0.3) is 5.82 Å². The van der Waals surface area contributed by atoms with Gasteiger partial charge in [-0.3, -0.25) is 9.63 Å². The topological polar surface area (TPSA) is 85.2 Å². The summed E-state index contributed by atoms with van der Waals surface area (Å²) < 4.78 is 2.89. The molecule has 1 amide bonds. The fourth-order valence-corrected chi connectivity index (χ4v) is 1.87. The standard InChI is InChI=1S/C10H10ClIN6O2/c1-17(20-2)10(19)8-5-14-18(16-8)9-7(11)3-6(15-12)4-13-9/h3-5,15H,1-2H3. The highest BCUT2D eigenvalue weighted by Gasteiger charge is 2.17. The van der Waals surface area contributed by atoms with Crippen LogP contribution in [0.4, 0.5) is 5.69 Å². The molecule has 0 spiro atoms. The molecule has 0 unspecified atom stereocenters. The maximum atomic E-state index is 11.8. The molecular formula is C10H10ClIN6O2. The van der Waals surface area contributed by atoms with Crippen LogP contribution in [0.1, 0.15) is 10.5 Å². The largest absolute Gasteiger partial charge is 0.327 e. The lowest BCUT2D eigenvalue weighted by Gasteiger charge is -2.10. The first kappa shape index (κ1) is 14.9. The molecule has 0 aromatic carbocycles. The molecule has 0 radical (unpaired) electrons. The molecule has 0 aliphatic heterocycles. The second-order valence-electron chi connectivity index (χ2n) is 3.63. The number of carbonyl (C=O) groups is 1. The van der Waals surface area contributed by atoms with Gasteiger partial charge >= 0.3 is 0 Å². The Morgan fingerprint density at radius 1 is 1.55 bits per heavy atom. The third-order valence-corrected chi connectivity index (χ3v) is 3.29. The Labute approximate surface area is 133 Å². The number of aromatic nitrogens is 4. The molecule has 0 aliphatic rings. The van der Waals surface area contributed by atoms with Gasteiger partial charge in [0.15, 0.2) is 11.5 Å². The molecule has 2 heterocycles. The monoisotopic (exact) mass is 408 g/mol. The van der Waals surface area contributed by atoms with Crippen LogP contribution >= 0.6 is 34.5 Å². The van der Waals surface area contributed by atoms with Gasteiger partial charge in [-0.05, 0) is 6.07 Å². The summed E-state index contributed by atoms with van der Waals surface area (Å²) >= 11 is 8.06. The van der Waals surface area contributed by atoms with Crippen molar-refractivity contribution in [3.63, 3.8) is 0 Å². The zero-order valence-electron chi connectivity index (χ0n) is 10.5. The molecule has 0 atom stereocenters. The summed E-state index contributed by atoms with van der Waals surface area (Å²) in [6.07, 6.45) is 2.90. The summed E-state index contributed by atoms with van der Waals surface area (Å²) in [5.41, 5.74) is 0.880. The summed E-state index contributed by atoms with van der Waals surface area (Å²) in [6.45, 7) is 0. The summed E-state index contributed by atoms with van der Waals surface area (Å²) in [4.78, 5) is 21.9. The molecule has 0 aliphatic carbocycles. The minimum atomic E-state index is -0.416. The summed E-state index contributed by atoms with van der Waals surface area (Å²) in [5.74, 6) is -0.0818. The van der Waals surface area contributed by atoms with Gasteiger partial charge < -0.3 is 3.53 Å². The van der Waals surface area contributed by atoms with Crippen molar-refractivity contribution in [3.05, 3.63) is 29.2 Å². The van der Waals surface area contributed by atoms with E-state index >= 15 is 0 Å². The Morgan fingerprint density at radius 2 is 2.30 bits per heavy atom. The van der Waals surface area contributed by atoms with Crippen LogP contribution in [0.3, 0.4) is 0 Å². The van der Waals surface area contributed by atoms with Gasteiger partial charge in [-0.2, -0.15) is 5.10 Å². The highest BCUT2D eigenvalue weighted by molar-refractivity contribution is 14.1. The Morgan fingerprint density at radius 3 is 2.90 bits per heavy atom. The minimum Gasteiger partial charge on any atom is -0.327 e. The van der Waals surface area contributed by atoms with E-state index in [4.69, 9.17) is 16.4 Å². The SMILES string of the molecule is CON(C)C(=O)c1cnn(-c2ncc(NI)cc2Cl)n1. The van der Waals surface area contributed by atoms with Gasteiger partial charge in [0.2, 0.25) is 0 Å². The lowest BCUT2D eigenvalue weighted by atomic mass is 10.4. The third-order valence-electron chi connectivity index (χ3n) is 2.39. The van der Waals surface area contributed by atoms with Crippen LogP contribution in [-0.4, -0.2) is 45.1 Å². The second-order valence-corrected chi connectivity index (χ2v) is 4.57. The molecule has 1 N–H and O–H groups in total. The molecular weight excluding hydrogens is 399 g/mol. The number of halogens is 2. The molecule has 10 heteroatoms. The first-order valence-electron chi connectivity index (χ1n) is 5.34. The smallest absolute Gasteiger partial charge is 0.299 e. The van der Waals surface area contributed by atoms with Gasteiger partial charge in [0.1, 0.15) is 0 Å².